The molecule has 2 aromatic rings. The van der Waals surface area contributed by atoms with Gasteiger partial charge in [-0.05, 0) is 39.0 Å². The number of benzene rings is 2. The van der Waals surface area contributed by atoms with Crippen molar-refractivity contribution in [3.8, 4) is 5.75 Å². The van der Waals surface area contributed by atoms with Crippen molar-refractivity contribution in [2.24, 2.45) is 5.92 Å². The Kier molecular flexibility index (Phi) is 5.77. The molecular formula is C18H18BrFO3. The third-order valence-electron chi connectivity index (χ3n) is 3.92. The van der Waals surface area contributed by atoms with E-state index in [0.29, 0.717) is 22.4 Å². The van der Waals surface area contributed by atoms with Crippen LogP contribution in [0.2, 0.25) is 0 Å². The Balaban J connectivity index is 2.18. The van der Waals surface area contributed by atoms with Crippen LogP contribution < -0.4 is 4.74 Å². The van der Waals surface area contributed by atoms with Crippen LogP contribution in [0.3, 0.4) is 0 Å². The van der Waals surface area contributed by atoms with Crippen LogP contribution in [0.25, 0.3) is 0 Å². The first-order valence-corrected chi connectivity index (χ1v) is 8.08. The molecule has 0 fully saturated rings. The lowest BCUT2D eigenvalue weighted by Gasteiger charge is -2.19. The van der Waals surface area contributed by atoms with Gasteiger partial charge in [-0.15, -0.1) is 0 Å². The number of rotatable bonds is 6. The van der Waals surface area contributed by atoms with Crippen molar-refractivity contribution in [1.82, 2.24) is 0 Å². The van der Waals surface area contributed by atoms with Gasteiger partial charge in [0, 0.05) is 6.07 Å². The predicted molar refractivity (Wildman–Crippen MR) is 90.1 cm³/mol. The molecule has 0 heterocycles. The van der Waals surface area contributed by atoms with E-state index in [1.54, 1.807) is 19.9 Å². The molecule has 0 amide bonds. The van der Waals surface area contributed by atoms with E-state index >= 15 is 0 Å². The van der Waals surface area contributed by atoms with Crippen molar-refractivity contribution < 1.29 is 19.0 Å². The summed E-state index contributed by atoms with van der Waals surface area (Å²) in [4.78, 5) is 11.1. The molecule has 23 heavy (non-hydrogen) atoms. The average Bonchev–Trinajstić information content (AvgIpc) is 2.54. The van der Waals surface area contributed by atoms with E-state index in [-0.39, 0.29) is 0 Å². The Morgan fingerprint density at radius 1 is 1.26 bits per heavy atom. The van der Waals surface area contributed by atoms with Gasteiger partial charge in [-0.2, -0.15) is 0 Å². The Hall–Kier alpha value is -1.88. The monoisotopic (exact) mass is 380 g/mol. The zero-order valence-corrected chi connectivity index (χ0v) is 14.5. The summed E-state index contributed by atoms with van der Waals surface area (Å²) in [5.74, 6) is -2.13. The first-order chi connectivity index (χ1) is 10.9. The number of hydrogen-bond donors (Lipinski definition) is 1. The van der Waals surface area contributed by atoms with Gasteiger partial charge in [0.2, 0.25) is 0 Å². The van der Waals surface area contributed by atoms with E-state index in [0.717, 1.165) is 5.56 Å². The molecule has 0 aliphatic heterocycles. The SMILES string of the molecule is CC(C(=O)O)C(C)c1cc(Br)c(OCc2ccccc2)cc1F. The van der Waals surface area contributed by atoms with Gasteiger partial charge in [0.15, 0.2) is 0 Å². The fourth-order valence-electron chi connectivity index (χ4n) is 2.22. The lowest BCUT2D eigenvalue weighted by atomic mass is 9.88. The maximum absolute atomic E-state index is 14.3. The van der Waals surface area contributed by atoms with E-state index in [2.05, 4.69) is 15.9 Å². The highest BCUT2D eigenvalue weighted by atomic mass is 79.9. The van der Waals surface area contributed by atoms with Crippen LogP contribution in [0, 0.1) is 11.7 Å². The van der Waals surface area contributed by atoms with Crippen molar-refractivity contribution in [1.29, 1.82) is 0 Å². The van der Waals surface area contributed by atoms with Crippen molar-refractivity contribution in [3.63, 3.8) is 0 Å². The highest BCUT2D eigenvalue weighted by molar-refractivity contribution is 9.10. The first kappa shape index (κ1) is 17.5. The fraction of sp³-hybridized carbons (Fsp3) is 0.278. The van der Waals surface area contributed by atoms with Gasteiger partial charge < -0.3 is 9.84 Å². The normalized spacial score (nSPS) is 13.4. The quantitative estimate of drug-likeness (QED) is 0.767. The number of carboxylic acid groups (broad SMARTS) is 1. The summed E-state index contributed by atoms with van der Waals surface area (Å²) >= 11 is 3.37. The Labute approximate surface area is 143 Å². The molecule has 2 atom stereocenters. The molecule has 122 valence electrons. The van der Waals surface area contributed by atoms with Crippen LogP contribution in [0.15, 0.2) is 46.9 Å². The van der Waals surface area contributed by atoms with Crippen LogP contribution in [-0.2, 0) is 11.4 Å². The highest BCUT2D eigenvalue weighted by Crippen LogP contribution is 2.34. The van der Waals surface area contributed by atoms with E-state index in [1.807, 2.05) is 30.3 Å². The lowest BCUT2D eigenvalue weighted by molar-refractivity contribution is -0.141. The van der Waals surface area contributed by atoms with Crippen LogP contribution >= 0.6 is 15.9 Å². The molecule has 0 spiro atoms. The summed E-state index contributed by atoms with van der Waals surface area (Å²) in [6, 6.07) is 12.5. The topological polar surface area (TPSA) is 46.5 Å². The van der Waals surface area contributed by atoms with Crippen LogP contribution in [0.5, 0.6) is 5.75 Å². The molecule has 0 saturated heterocycles. The van der Waals surface area contributed by atoms with Crippen LogP contribution in [0.1, 0.15) is 30.9 Å². The molecule has 2 aromatic carbocycles. The minimum atomic E-state index is -0.947. The summed E-state index contributed by atoms with van der Waals surface area (Å²) < 4.78 is 20.6. The molecule has 0 bridgehead atoms. The highest BCUT2D eigenvalue weighted by Gasteiger charge is 2.24. The number of ether oxygens (including phenoxy) is 1. The maximum Gasteiger partial charge on any atom is 0.306 e. The molecular weight excluding hydrogens is 363 g/mol. The van der Waals surface area contributed by atoms with Gasteiger partial charge >= 0.3 is 5.97 Å². The number of carbonyl (C=O) groups is 1. The summed E-state index contributed by atoms with van der Waals surface area (Å²) in [5, 5.41) is 9.08. The summed E-state index contributed by atoms with van der Waals surface area (Å²) in [6.45, 7) is 3.60. The van der Waals surface area contributed by atoms with E-state index in [4.69, 9.17) is 9.84 Å². The minimum Gasteiger partial charge on any atom is -0.488 e. The maximum atomic E-state index is 14.3. The first-order valence-electron chi connectivity index (χ1n) is 7.28. The largest absolute Gasteiger partial charge is 0.488 e. The van der Waals surface area contributed by atoms with Gasteiger partial charge in [-0.25, -0.2) is 4.39 Å². The van der Waals surface area contributed by atoms with Gasteiger partial charge in [-0.3, -0.25) is 4.79 Å². The van der Waals surface area contributed by atoms with Gasteiger partial charge in [0.1, 0.15) is 18.2 Å². The van der Waals surface area contributed by atoms with E-state index in [1.165, 1.54) is 6.07 Å². The second kappa shape index (κ2) is 7.59. The number of aliphatic carboxylic acids is 1. The number of halogens is 2. The van der Waals surface area contributed by atoms with Crippen molar-refractivity contribution in [2.45, 2.75) is 26.4 Å². The van der Waals surface area contributed by atoms with Crippen molar-refractivity contribution in [3.05, 3.63) is 63.9 Å². The Morgan fingerprint density at radius 3 is 2.52 bits per heavy atom. The second-order valence-electron chi connectivity index (χ2n) is 5.49. The number of carboxylic acids is 1. The van der Waals surface area contributed by atoms with Crippen molar-refractivity contribution in [2.75, 3.05) is 0 Å². The van der Waals surface area contributed by atoms with E-state index in [9.17, 15) is 9.18 Å². The van der Waals surface area contributed by atoms with Gasteiger partial charge in [0.05, 0.1) is 10.4 Å². The smallest absolute Gasteiger partial charge is 0.306 e. The third-order valence-corrected chi connectivity index (χ3v) is 4.54. The standard InChI is InChI=1S/C18H18BrFO3/c1-11(12(2)18(21)22)14-8-15(19)17(9-16(14)20)23-10-13-6-4-3-5-7-13/h3-9,11-12H,10H2,1-2H3,(H,21,22). The van der Waals surface area contributed by atoms with Crippen molar-refractivity contribution >= 4 is 21.9 Å². The lowest BCUT2D eigenvalue weighted by Crippen LogP contribution is -2.17. The molecule has 0 aromatic heterocycles. The zero-order chi connectivity index (χ0) is 17.0. The fourth-order valence-corrected chi connectivity index (χ4v) is 2.70. The molecule has 0 radical (unpaired) electrons. The third kappa shape index (κ3) is 4.32. The summed E-state index contributed by atoms with van der Waals surface area (Å²) in [7, 11) is 0. The van der Waals surface area contributed by atoms with Crippen LogP contribution in [-0.4, -0.2) is 11.1 Å². The molecule has 3 nitrogen and oxygen atoms in total. The Bertz CT molecular complexity index is 688. The van der Waals surface area contributed by atoms with Crippen LogP contribution in [0.4, 0.5) is 4.39 Å². The zero-order valence-electron chi connectivity index (χ0n) is 12.9. The predicted octanol–water partition coefficient (Wildman–Crippen LogP) is 4.99. The second-order valence-corrected chi connectivity index (χ2v) is 6.35. The number of hydrogen-bond acceptors (Lipinski definition) is 2. The van der Waals surface area contributed by atoms with Gasteiger partial charge in [0.25, 0.3) is 0 Å². The molecule has 2 rings (SSSR count). The summed E-state index contributed by atoms with van der Waals surface area (Å²) in [5.41, 5.74) is 1.34. The van der Waals surface area contributed by atoms with Gasteiger partial charge in [-0.1, -0.05) is 44.2 Å². The Morgan fingerprint density at radius 2 is 1.91 bits per heavy atom. The molecule has 5 heteroatoms. The average molecular weight is 381 g/mol. The molecule has 0 aliphatic carbocycles. The molecule has 0 aliphatic rings. The molecule has 0 saturated carbocycles. The summed E-state index contributed by atoms with van der Waals surface area (Å²) in [6.07, 6.45) is 0. The molecule has 2 unspecified atom stereocenters. The molecule has 1 N–H and O–H groups in total. The van der Waals surface area contributed by atoms with E-state index < -0.39 is 23.6 Å². The minimum absolute atomic E-state index is 0.333.